The fraction of sp³-hybridized carbons (Fsp3) is 0. The molecule has 0 aliphatic heterocycles. The van der Waals surface area contributed by atoms with Crippen molar-refractivity contribution in [2.45, 2.75) is 0 Å². The van der Waals surface area contributed by atoms with Crippen LogP contribution in [0.25, 0.3) is 16.9 Å². The van der Waals surface area contributed by atoms with Gasteiger partial charge in [-0.3, -0.25) is 14.7 Å². The number of hydrogen-bond donors (Lipinski definition) is 1. The maximum atomic E-state index is 10.7. The van der Waals surface area contributed by atoms with Crippen molar-refractivity contribution in [2.24, 2.45) is 0 Å². The van der Waals surface area contributed by atoms with Gasteiger partial charge in [0.15, 0.2) is 10.8 Å². The fourth-order valence-corrected chi connectivity index (χ4v) is 2.09. The van der Waals surface area contributed by atoms with Crippen LogP contribution in [-0.2, 0) is 0 Å². The number of hydrogen-bond acceptors (Lipinski definition) is 6. The summed E-state index contributed by atoms with van der Waals surface area (Å²) in [5.74, 6) is 0.177. The van der Waals surface area contributed by atoms with Gasteiger partial charge in [0.25, 0.3) is 5.69 Å². The zero-order chi connectivity index (χ0) is 14.3. The Morgan fingerprint density at radius 1 is 1.25 bits per heavy atom. The molecule has 2 heterocycles. The lowest BCUT2D eigenvalue weighted by Gasteiger charge is -2.06. The SMILES string of the molecule is Nc1nc2ncnc(Cl)c2n1-c1ccc([N+](=O)[O-])cc1. The molecular weight excluding hydrogens is 284 g/mol. The normalized spacial score (nSPS) is 10.8. The van der Waals surface area contributed by atoms with E-state index in [4.69, 9.17) is 17.3 Å². The van der Waals surface area contributed by atoms with Crippen LogP contribution in [0.5, 0.6) is 0 Å². The van der Waals surface area contributed by atoms with Crippen LogP contribution in [0.15, 0.2) is 30.6 Å². The summed E-state index contributed by atoms with van der Waals surface area (Å²) in [6.45, 7) is 0. The van der Waals surface area contributed by atoms with Gasteiger partial charge in [0.05, 0.1) is 4.92 Å². The highest BCUT2D eigenvalue weighted by Gasteiger charge is 2.15. The van der Waals surface area contributed by atoms with Gasteiger partial charge in [-0.05, 0) is 12.1 Å². The maximum absolute atomic E-state index is 10.7. The van der Waals surface area contributed by atoms with Crippen LogP contribution in [0, 0.1) is 10.1 Å². The Morgan fingerprint density at radius 3 is 2.60 bits per heavy atom. The minimum atomic E-state index is -0.477. The van der Waals surface area contributed by atoms with Gasteiger partial charge in [-0.15, -0.1) is 0 Å². The van der Waals surface area contributed by atoms with E-state index in [0.29, 0.717) is 16.9 Å². The van der Waals surface area contributed by atoms with Gasteiger partial charge < -0.3 is 5.73 Å². The number of nitrogens with zero attached hydrogens (tertiary/aromatic N) is 5. The van der Waals surface area contributed by atoms with Crippen LogP contribution in [0.1, 0.15) is 0 Å². The van der Waals surface area contributed by atoms with E-state index in [1.807, 2.05) is 0 Å². The monoisotopic (exact) mass is 290 g/mol. The second-order valence-corrected chi connectivity index (χ2v) is 4.27. The average molecular weight is 291 g/mol. The Balaban J connectivity index is 2.23. The van der Waals surface area contributed by atoms with Crippen molar-refractivity contribution in [3.63, 3.8) is 0 Å². The van der Waals surface area contributed by atoms with Crippen molar-refractivity contribution in [1.29, 1.82) is 0 Å². The molecule has 0 radical (unpaired) electrons. The number of halogens is 1. The lowest BCUT2D eigenvalue weighted by Crippen LogP contribution is -2.01. The average Bonchev–Trinajstić information content (AvgIpc) is 2.76. The molecule has 0 aliphatic carbocycles. The van der Waals surface area contributed by atoms with Gasteiger partial charge >= 0.3 is 0 Å². The molecule has 2 aromatic heterocycles. The van der Waals surface area contributed by atoms with Gasteiger partial charge in [0.1, 0.15) is 11.8 Å². The zero-order valence-electron chi connectivity index (χ0n) is 9.89. The number of nitrogen functional groups attached to an aromatic ring is 1. The molecule has 0 saturated carbocycles. The molecule has 3 aromatic rings. The van der Waals surface area contributed by atoms with E-state index >= 15 is 0 Å². The van der Waals surface area contributed by atoms with Gasteiger partial charge in [-0.25, -0.2) is 9.97 Å². The molecule has 0 amide bonds. The molecule has 0 spiro atoms. The summed E-state index contributed by atoms with van der Waals surface area (Å²) in [5.41, 5.74) is 7.24. The molecule has 3 rings (SSSR count). The minimum Gasteiger partial charge on any atom is -0.369 e. The summed E-state index contributed by atoms with van der Waals surface area (Å²) >= 11 is 6.03. The third-order valence-electron chi connectivity index (χ3n) is 2.75. The standard InChI is InChI=1S/C11H7ClN6O2/c12-9-8-10(15-5-14-9)16-11(13)17(8)6-1-3-7(4-2-6)18(19)20/h1-5H,(H2,13,14,15,16). The van der Waals surface area contributed by atoms with Crippen molar-refractivity contribution in [3.05, 3.63) is 45.9 Å². The molecule has 2 N–H and O–H groups in total. The van der Waals surface area contributed by atoms with Crippen LogP contribution < -0.4 is 5.73 Å². The molecule has 100 valence electrons. The summed E-state index contributed by atoms with van der Waals surface area (Å²) in [6, 6.07) is 5.86. The van der Waals surface area contributed by atoms with Crippen molar-refractivity contribution in [3.8, 4) is 5.69 Å². The molecule has 0 atom stereocenters. The zero-order valence-corrected chi connectivity index (χ0v) is 10.7. The van der Waals surface area contributed by atoms with Crippen LogP contribution in [0.3, 0.4) is 0 Å². The van der Waals surface area contributed by atoms with Crippen LogP contribution >= 0.6 is 11.6 Å². The van der Waals surface area contributed by atoms with Crippen molar-refractivity contribution in [2.75, 3.05) is 5.73 Å². The van der Waals surface area contributed by atoms with Crippen molar-refractivity contribution in [1.82, 2.24) is 19.5 Å². The number of nitro benzene ring substituents is 1. The molecule has 8 nitrogen and oxygen atoms in total. The molecule has 0 aliphatic rings. The number of fused-ring (bicyclic) bond motifs is 1. The molecule has 0 bridgehead atoms. The Morgan fingerprint density at radius 2 is 1.95 bits per heavy atom. The molecule has 0 unspecified atom stereocenters. The third kappa shape index (κ3) is 1.82. The van der Waals surface area contributed by atoms with Crippen LogP contribution in [0.2, 0.25) is 5.15 Å². The Labute approximate surface area is 117 Å². The highest BCUT2D eigenvalue weighted by Crippen LogP contribution is 2.27. The number of nitrogens with two attached hydrogens (primary N) is 1. The first-order valence-corrected chi connectivity index (χ1v) is 5.85. The van der Waals surface area contributed by atoms with Crippen molar-refractivity contribution >= 4 is 34.4 Å². The summed E-state index contributed by atoms with van der Waals surface area (Å²) in [6.07, 6.45) is 1.29. The maximum Gasteiger partial charge on any atom is 0.269 e. The van der Waals surface area contributed by atoms with E-state index in [9.17, 15) is 10.1 Å². The van der Waals surface area contributed by atoms with Gasteiger partial charge in [-0.1, -0.05) is 11.6 Å². The third-order valence-corrected chi connectivity index (χ3v) is 3.03. The largest absolute Gasteiger partial charge is 0.369 e. The van der Waals surface area contributed by atoms with E-state index in [1.165, 1.54) is 18.5 Å². The molecule has 9 heteroatoms. The molecular formula is C11H7ClN6O2. The molecule has 20 heavy (non-hydrogen) atoms. The van der Waals surface area contributed by atoms with Gasteiger partial charge in [0, 0.05) is 17.8 Å². The topological polar surface area (TPSA) is 113 Å². The summed E-state index contributed by atoms with van der Waals surface area (Å²) < 4.78 is 1.54. The number of anilines is 1. The quantitative estimate of drug-likeness (QED) is 0.438. The highest BCUT2D eigenvalue weighted by molar-refractivity contribution is 6.33. The van der Waals surface area contributed by atoms with E-state index in [-0.39, 0.29) is 16.8 Å². The van der Waals surface area contributed by atoms with Gasteiger partial charge in [0.2, 0.25) is 5.95 Å². The molecule has 0 saturated heterocycles. The second-order valence-electron chi connectivity index (χ2n) is 3.92. The smallest absolute Gasteiger partial charge is 0.269 e. The first kappa shape index (κ1) is 12.3. The van der Waals surface area contributed by atoms with Gasteiger partial charge in [-0.2, -0.15) is 4.98 Å². The first-order chi connectivity index (χ1) is 9.58. The minimum absolute atomic E-state index is 0.0147. The number of nitro groups is 1. The van der Waals surface area contributed by atoms with Crippen LogP contribution in [0.4, 0.5) is 11.6 Å². The van der Waals surface area contributed by atoms with E-state index < -0.39 is 4.92 Å². The summed E-state index contributed by atoms with van der Waals surface area (Å²) in [4.78, 5) is 22.1. The summed E-state index contributed by atoms with van der Waals surface area (Å²) in [7, 11) is 0. The number of aromatic nitrogens is 4. The van der Waals surface area contributed by atoms with E-state index in [2.05, 4.69) is 15.0 Å². The number of rotatable bonds is 2. The Hall–Kier alpha value is -2.74. The first-order valence-electron chi connectivity index (χ1n) is 5.47. The predicted octanol–water partition coefficient (Wildman–Crippen LogP) is 1.96. The number of non-ortho nitro benzene ring substituents is 1. The lowest BCUT2D eigenvalue weighted by atomic mass is 10.3. The number of benzene rings is 1. The molecule has 0 fully saturated rings. The van der Waals surface area contributed by atoms with Crippen molar-refractivity contribution < 1.29 is 4.92 Å². The Kier molecular flexibility index (Phi) is 2.72. The Bertz CT molecular complexity index is 814. The highest BCUT2D eigenvalue weighted by atomic mass is 35.5. The van der Waals surface area contributed by atoms with E-state index in [0.717, 1.165) is 0 Å². The molecule has 1 aromatic carbocycles. The van der Waals surface area contributed by atoms with Crippen LogP contribution in [-0.4, -0.2) is 24.4 Å². The van der Waals surface area contributed by atoms with E-state index in [1.54, 1.807) is 16.7 Å². The lowest BCUT2D eigenvalue weighted by molar-refractivity contribution is -0.384. The second kappa shape index (κ2) is 4.42. The number of imidazole rings is 1. The summed E-state index contributed by atoms with van der Waals surface area (Å²) in [5, 5.41) is 10.9. The predicted molar refractivity (Wildman–Crippen MR) is 72.7 cm³/mol. The fourth-order valence-electron chi connectivity index (χ4n) is 1.88.